The number of aromatic nitrogens is 2. The molecular weight excluding hydrogens is 286 g/mol. The maximum atomic E-state index is 12.4. The molecule has 0 radical (unpaired) electrons. The van der Waals surface area contributed by atoms with Crippen LogP contribution in [0.15, 0.2) is 4.52 Å². The van der Waals surface area contributed by atoms with Crippen molar-refractivity contribution >= 4 is 5.91 Å². The van der Waals surface area contributed by atoms with Crippen molar-refractivity contribution in [2.45, 2.75) is 57.2 Å². The molecule has 1 amide bonds. The topological polar surface area (TPSA) is 88.7 Å². The first kappa shape index (κ1) is 15.4. The van der Waals surface area contributed by atoms with Gasteiger partial charge in [-0.2, -0.15) is 4.98 Å². The molecule has 0 bridgehead atoms. The molecule has 2 fully saturated rings. The van der Waals surface area contributed by atoms with E-state index in [0.29, 0.717) is 50.7 Å². The highest BCUT2D eigenvalue weighted by Gasteiger charge is 2.47. The molecule has 0 saturated carbocycles. The maximum absolute atomic E-state index is 12.4. The number of amides is 1. The Bertz CT molecular complexity index is 525. The van der Waals surface area contributed by atoms with Crippen molar-refractivity contribution in [2.24, 2.45) is 0 Å². The molecule has 122 valence electrons. The molecule has 2 atom stereocenters. The number of aliphatic hydroxyl groups is 1. The van der Waals surface area contributed by atoms with Gasteiger partial charge in [-0.3, -0.25) is 4.79 Å². The van der Waals surface area contributed by atoms with Gasteiger partial charge in [0.1, 0.15) is 5.60 Å². The number of piperidine rings is 1. The van der Waals surface area contributed by atoms with Gasteiger partial charge in [-0.15, -0.1) is 0 Å². The van der Waals surface area contributed by atoms with Crippen molar-refractivity contribution in [3.8, 4) is 0 Å². The number of hydrogen-bond acceptors (Lipinski definition) is 6. The van der Waals surface area contributed by atoms with E-state index in [1.54, 1.807) is 4.90 Å². The van der Waals surface area contributed by atoms with Crippen LogP contribution in [0, 0.1) is 0 Å². The Morgan fingerprint density at radius 1 is 1.55 bits per heavy atom. The van der Waals surface area contributed by atoms with Gasteiger partial charge >= 0.3 is 0 Å². The number of ether oxygens (including phenoxy) is 1. The van der Waals surface area contributed by atoms with E-state index in [0.717, 1.165) is 19.3 Å². The predicted molar refractivity (Wildman–Crippen MR) is 77.1 cm³/mol. The fourth-order valence-electron chi connectivity index (χ4n) is 3.28. The maximum Gasteiger partial charge on any atom is 0.227 e. The Balaban J connectivity index is 1.55. The van der Waals surface area contributed by atoms with E-state index in [-0.39, 0.29) is 5.91 Å². The van der Waals surface area contributed by atoms with E-state index in [4.69, 9.17) is 9.26 Å². The minimum absolute atomic E-state index is 0.0537. The number of aryl methyl sites for hydroxylation is 2. The van der Waals surface area contributed by atoms with Gasteiger partial charge in [0.25, 0.3) is 0 Å². The normalized spacial score (nSPS) is 28.5. The van der Waals surface area contributed by atoms with Crippen LogP contribution >= 0.6 is 0 Å². The summed E-state index contributed by atoms with van der Waals surface area (Å²) in [6, 6.07) is 0. The fourth-order valence-corrected chi connectivity index (χ4v) is 3.28. The molecule has 0 aromatic carbocycles. The van der Waals surface area contributed by atoms with E-state index in [1.807, 2.05) is 6.92 Å². The SMILES string of the molecule is CCc1noc(CCC(=O)N2CC[C@H](O)[C@]3(CCCO3)C2)n1. The number of aliphatic hydroxyl groups excluding tert-OH is 1. The van der Waals surface area contributed by atoms with Crippen molar-refractivity contribution < 1.29 is 19.2 Å². The second-order valence-corrected chi connectivity index (χ2v) is 6.09. The number of likely N-dealkylation sites (tertiary alicyclic amines) is 1. The molecule has 1 aromatic heterocycles. The number of carbonyl (C=O) groups is 1. The molecule has 2 saturated heterocycles. The average Bonchev–Trinajstić information content (AvgIpc) is 3.17. The van der Waals surface area contributed by atoms with Crippen molar-refractivity contribution in [1.29, 1.82) is 0 Å². The van der Waals surface area contributed by atoms with Crippen LogP contribution in [0.1, 0.15) is 44.3 Å². The van der Waals surface area contributed by atoms with E-state index in [9.17, 15) is 9.90 Å². The van der Waals surface area contributed by atoms with Crippen molar-refractivity contribution in [1.82, 2.24) is 15.0 Å². The van der Waals surface area contributed by atoms with E-state index >= 15 is 0 Å². The first-order valence-electron chi connectivity index (χ1n) is 8.04. The third kappa shape index (κ3) is 3.01. The molecule has 0 aliphatic carbocycles. The highest BCUT2D eigenvalue weighted by molar-refractivity contribution is 5.76. The number of carbonyl (C=O) groups excluding carboxylic acids is 1. The zero-order valence-electron chi connectivity index (χ0n) is 13.0. The highest BCUT2D eigenvalue weighted by Crippen LogP contribution is 2.35. The van der Waals surface area contributed by atoms with Crippen LogP contribution in [0.5, 0.6) is 0 Å². The smallest absolute Gasteiger partial charge is 0.227 e. The minimum Gasteiger partial charge on any atom is -0.390 e. The average molecular weight is 309 g/mol. The molecule has 3 heterocycles. The van der Waals surface area contributed by atoms with Gasteiger partial charge in [0.2, 0.25) is 11.8 Å². The summed E-state index contributed by atoms with van der Waals surface area (Å²) in [5.74, 6) is 1.23. The van der Waals surface area contributed by atoms with Crippen LogP contribution in [-0.2, 0) is 22.4 Å². The van der Waals surface area contributed by atoms with Crippen LogP contribution in [0.25, 0.3) is 0 Å². The van der Waals surface area contributed by atoms with Crippen LogP contribution < -0.4 is 0 Å². The van der Waals surface area contributed by atoms with Crippen molar-refractivity contribution in [2.75, 3.05) is 19.7 Å². The third-order valence-electron chi connectivity index (χ3n) is 4.60. The number of nitrogens with zero attached hydrogens (tertiary/aromatic N) is 3. The molecule has 7 heteroatoms. The van der Waals surface area contributed by atoms with Gasteiger partial charge in [-0.25, -0.2) is 0 Å². The van der Waals surface area contributed by atoms with Gasteiger partial charge < -0.3 is 19.3 Å². The Labute approximate surface area is 129 Å². The van der Waals surface area contributed by atoms with E-state index in [1.165, 1.54) is 0 Å². The van der Waals surface area contributed by atoms with E-state index < -0.39 is 11.7 Å². The summed E-state index contributed by atoms with van der Waals surface area (Å²) >= 11 is 0. The Hall–Kier alpha value is -1.47. The zero-order chi connectivity index (χ0) is 15.6. The second-order valence-electron chi connectivity index (χ2n) is 6.09. The predicted octanol–water partition coefficient (Wildman–Crippen LogP) is 0.707. The lowest BCUT2D eigenvalue weighted by Crippen LogP contribution is -2.57. The van der Waals surface area contributed by atoms with Gasteiger partial charge in [0.05, 0.1) is 12.6 Å². The van der Waals surface area contributed by atoms with Gasteiger partial charge in [0, 0.05) is 32.4 Å². The zero-order valence-corrected chi connectivity index (χ0v) is 13.0. The lowest BCUT2D eigenvalue weighted by Gasteiger charge is -2.43. The summed E-state index contributed by atoms with van der Waals surface area (Å²) in [6.07, 6.45) is 3.40. The second kappa shape index (κ2) is 6.34. The summed E-state index contributed by atoms with van der Waals surface area (Å²) in [4.78, 5) is 18.4. The van der Waals surface area contributed by atoms with Crippen LogP contribution in [0.2, 0.25) is 0 Å². The lowest BCUT2D eigenvalue weighted by molar-refractivity contribution is -0.155. The van der Waals surface area contributed by atoms with Crippen LogP contribution in [0.3, 0.4) is 0 Å². The van der Waals surface area contributed by atoms with Crippen molar-refractivity contribution in [3.05, 3.63) is 11.7 Å². The number of rotatable bonds is 4. The molecule has 7 nitrogen and oxygen atoms in total. The highest BCUT2D eigenvalue weighted by atomic mass is 16.5. The standard InChI is InChI=1S/C15H23N3O4/c1-2-12-16-13(22-17-12)4-5-14(20)18-8-6-11(19)15(10-18)7-3-9-21-15/h11,19H,2-10H2,1H3/t11-,15-/m0/s1. The first-order chi connectivity index (χ1) is 10.6. The van der Waals surface area contributed by atoms with E-state index in [2.05, 4.69) is 10.1 Å². The third-order valence-corrected chi connectivity index (χ3v) is 4.60. The molecule has 22 heavy (non-hydrogen) atoms. The monoisotopic (exact) mass is 309 g/mol. The van der Waals surface area contributed by atoms with Gasteiger partial charge in [0.15, 0.2) is 5.82 Å². The molecule has 3 rings (SSSR count). The first-order valence-corrected chi connectivity index (χ1v) is 8.04. The largest absolute Gasteiger partial charge is 0.390 e. The van der Waals surface area contributed by atoms with Crippen molar-refractivity contribution in [3.63, 3.8) is 0 Å². The summed E-state index contributed by atoms with van der Waals surface area (Å²) in [5, 5.41) is 14.0. The summed E-state index contributed by atoms with van der Waals surface area (Å²) in [7, 11) is 0. The molecule has 1 N–H and O–H groups in total. The molecule has 0 unspecified atom stereocenters. The molecular formula is C15H23N3O4. The Morgan fingerprint density at radius 3 is 3.09 bits per heavy atom. The molecule has 1 aromatic rings. The Kier molecular flexibility index (Phi) is 4.44. The summed E-state index contributed by atoms with van der Waals surface area (Å²) in [5.41, 5.74) is -0.548. The lowest BCUT2D eigenvalue weighted by atomic mass is 9.87. The van der Waals surface area contributed by atoms with Crippen LogP contribution in [-0.4, -0.2) is 57.5 Å². The van der Waals surface area contributed by atoms with Gasteiger partial charge in [-0.1, -0.05) is 12.1 Å². The van der Waals surface area contributed by atoms with Gasteiger partial charge in [-0.05, 0) is 19.3 Å². The Morgan fingerprint density at radius 2 is 2.41 bits per heavy atom. The minimum atomic E-state index is -0.548. The molecule has 2 aliphatic heterocycles. The van der Waals surface area contributed by atoms with Crippen LogP contribution in [0.4, 0.5) is 0 Å². The fraction of sp³-hybridized carbons (Fsp3) is 0.800. The quantitative estimate of drug-likeness (QED) is 0.881. The molecule has 1 spiro atoms. The summed E-state index contributed by atoms with van der Waals surface area (Å²) in [6.45, 7) is 3.69. The summed E-state index contributed by atoms with van der Waals surface area (Å²) < 4.78 is 10.9. The number of hydrogen-bond donors (Lipinski definition) is 1. The molecule has 2 aliphatic rings.